The van der Waals surface area contributed by atoms with Gasteiger partial charge in [0.15, 0.2) is 0 Å². The molecule has 2 unspecified atom stereocenters. The molecule has 1 aliphatic carbocycles. The van der Waals surface area contributed by atoms with Crippen LogP contribution in [0.2, 0.25) is 0 Å². The summed E-state index contributed by atoms with van der Waals surface area (Å²) in [6.45, 7) is 2.29. The van der Waals surface area contributed by atoms with Crippen molar-refractivity contribution in [1.82, 2.24) is 0 Å². The Morgan fingerprint density at radius 2 is 2.22 bits per heavy atom. The fraction of sp³-hybridized carbons (Fsp3) is 0.667. The van der Waals surface area contributed by atoms with E-state index in [1.807, 2.05) is 6.92 Å². The second-order valence-corrected chi connectivity index (χ2v) is 4.10. The molecule has 0 radical (unpaired) electrons. The van der Waals surface area contributed by atoms with Gasteiger partial charge >= 0.3 is 5.97 Å². The summed E-state index contributed by atoms with van der Waals surface area (Å²) in [6.07, 6.45) is 5.91. The zero-order valence-electron chi connectivity index (χ0n) is 10.3. The van der Waals surface area contributed by atoms with E-state index in [0.29, 0.717) is 19.4 Å². The van der Waals surface area contributed by atoms with Gasteiger partial charge in [0.2, 0.25) is 0 Å². The number of aliphatic carboxylic acids is 1. The summed E-state index contributed by atoms with van der Waals surface area (Å²) in [4.78, 5) is 31.4. The number of hydrogen-bond acceptors (Lipinski definition) is 6. The third-order valence-electron chi connectivity index (χ3n) is 2.74. The SMILES string of the molecule is CCCCOOOC(=O)C1C=CCCC1C(=O)[O-]. The highest BCUT2D eigenvalue weighted by atomic mass is 17.5. The lowest BCUT2D eigenvalue weighted by Crippen LogP contribution is -2.40. The minimum atomic E-state index is -1.26. The maximum atomic E-state index is 11.6. The fourth-order valence-electron chi connectivity index (χ4n) is 1.69. The van der Waals surface area contributed by atoms with Crippen LogP contribution in [0.5, 0.6) is 0 Å². The molecule has 18 heavy (non-hydrogen) atoms. The Labute approximate surface area is 105 Å². The van der Waals surface area contributed by atoms with Crippen LogP contribution in [-0.2, 0) is 24.4 Å². The number of unbranched alkanes of at least 4 members (excludes halogenated alkanes) is 1. The maximum Gasteiger partial charge on any atom is 0.353 e. The molecule has 1 aliphatic rings. The number of hydrogen-bond donors (Lipinski definition) is 0. The lowest BCUT2D eigenvalue weighted by Gasteiger charge is -2.25. The molecule has 0 spiro atoms. The molecule has 0 N–H and O–H groups in total. The number of carboxylic acid groups (broad SMARTS) is 1. The smallest absolute Gasteiger partial charge is 0.353 e. The number of carbonyl (C=O) groups excluding carboxylic acids is 2. The molecule has 0 aliphatic heterocycles. The topological polar surface area (TPSA) is 84.9 Å². The molecular formula is C12H17O6-. The average Bonchev–Trinajstić information content (AvgIpc) is 2.38. The molecule has 6 heteroatoms. The first-order valence-electron chi connectivity index (χ1n) is 6.04. The van der Waals surface area contributed by atoms with Gasteiger partial charge in [-0.25, -0.2) is 4.79 Å². The minimum Gasteiger partial charge on any atom is -0.550 e. The molecule has 0 aromatic heterocycles. The van der Waals surface area contributed by atoms with Gasteiger partial charge in [-0.1, -0.05) is 25.5 Å². The fourth-order valence-corrected chi connectivity index (χ4v) is 1.69. The third-order valence-corrected chi connectivity index (χ3v) is 2.74. The van der Waals surface area contributed by atoms with Crippen molar-refractivity contribution in [2.24, 2.45) is 11.8 Å². The summed E-state index contributed by atoms with van der Waals surface area (Å²) >= 11 is 0. The first-order chi connectivity index (χ1) is 8.66. The number of allylic oxidation sites excluding steroid dienone is 1. The molecule has 0 saturated heterocycles. The predicted molar refractivity (Wildman–Crippen MR) is 58.4 cm³/mol. The standard InChI is InChI=1S/C12H18O6/c1-2-3-8-16-18-17-12(15)10-7-5-4-6-9(10)11(13)14/h5,7,9-10H,2-4,6,8H2,1H3,(H,13,14)/p-1. The summed E-state index contributed by atoms with van der Waals surface area (Å²) in [7, 11) is 0. The van der Waals surface area contributed by atoms with Crippen LogP contribution in [0, 0.1) is 11.8 Å². The number of carbonyl (C=O) groups is 2. The van der Waals surface area contributed by atoms with Gasteiger partial charge in [0, 0.05) is 11.9 Å². The third kappa shape index (κ3) is 4.46. The Hall–Kier alpha value is -1.40. The Morgan fingerprint density at radius 1 is 1.44 bits per heavy atom. The zero-order valence-corrected chi connectivity index (χ0v) is 10.3. The molecule has 6 nitrogen and oxygen atoms in total. The largest absolute Gasteiger partial charge is 0.550 e. The van der Waals surface area contributed by atoms with Crippen molar-refractivity contribution in [1.29, 1.82) is 0 Å². The van der Waals surface area contributed by atoms with Gasteiger partial charge in [0.25, 0.3) is 0 Å². The van der Waals surface area contributed by atoms with Gasteiger partial charge in [0.1, 0.15) is 0 Å². The first kappa shape index (κ1) is 14.7. The molecule has 1 rings (SSSR count). The van der Waals surface area contributed by atoms with Crippen molar-refractivity contribution in [3.05, 3.63) is 12.2 Å². The summed E-state index contributed by atoms with van der Waals surface area (Å²) in [5, 5.41) is 15.1. The maximum absolute atomic E-state index is 11.6. The van der Waals surface area contributed by atoms with Crippen molar-refractivity contribution in [2.75, 3.05) is 6.61 Å². The van der Waals surface area contributed by atoms with E-state index < -0.39 is 23.8 Å². The molecule has 0 saturated carbocycles. The Balaban J connectivity index is 2.37. The predicted octanol–water partition coefficient (Wildman–Crippen LogP) is 0.525. The van der Waals surface area contributed by atoms with E-state index in [2.05, 4.69) is 14.8 Å². The Bertz CT molecular complexity index is 312. The van der Waals surface area contributed by atoms with Gasteiger partial charge < -0.3 is 9.90 Å². The van der Waals surface area contributed by atoms with Crippen molar-refractivity contribution in [3.8, 4) is 0 Å². The van der Waals surface area contributed by atoms with Gasteiger partial charge in [-0.2, -0.15) is 4.89 Å². The molecule has 0 aromatic carbocycles. The lowest BCUT2D eigenvalue weighted by molar-refractivity contribution is -0.487. The van der Waals surface area contributed by atoms with Crippen LogP contribution in [-0.4, -0.2) is 18.5 Å². The summed E-state index contributed by atoms with van der Waals surface area (Å²) < 4.78 is 0. The van der Waals surface area contributed by atoms with E-state index >= 15 is 0 Å². The van der Waals surface area contributed by atoms with Crippen LogP contribution >= 0.6 is 0 Å². The average molecular weight is 257 g/mol. The Morgan fingerprint density at radius 3 is 2.89 bits per heavy atom. The van der Waals surface area contributed by atoms with E-state index in [-0.39, 0.29) is 0 Å². The molecule has 0 heterocycles. The molecule has 0 fully saturated rings. The highest BCUT2D eigenvalue weighted by Crippen LogP contribution is 2.25. The van der Waals surface area contributed by atoms with Crippen LogP contribution in [0.3, 0.4) is 0 Å². The van der Waals surface area contributed by atoms with Crippen molar-refractivity contribution < 1.29 is 29.5 Å². The molecule has 0 bridgehead atoms. The zero-order chi connectivity index (χ0) is 13.4. The molecular weight excluding hydrogens is 240 g/mol. The molecule has 102 valence electrons. The highest BCUT2D eigenvalue weighted by molar-refractivity contribution is 5.81. The van der Waals surface area contributed by atoms with Crippen LogP contribution < -0.4 is 5.11 Å². The lowest BCUT2D eigenvalue weighted by atomic mass is 9.84. The van der Waals surface area contributed by atoms with Gasteiger partial charge in [0.05, 0.1) is 12.5 Å². The van der Waals surface area contributed by atoms with E-state index in [4.69, 9.17) is 0 Å². The normalized spacial score (nSPS) is 22.7. The summed E-state index contributed by atoms with van der Waals surface area (Å²) in [5.41, 5.74) is 0. The van der Waals surface area contributed by atoms with Crippen LogP contribution in [0.15, 0.2) is 12.2 Å². The van der Waals surface area contributed by atoms with Gasteiger partial charge in [-0.3, -0.25) is 4.89 Å². The molecule has 2 atom stereocenters. The van der Waals surface area contributed by atoms with Crippen molar-refractivity contribution >= 4 is 11.9 Å². The number of rotatable bonds is 7. The van der Waals surface area contributed by atoms with Crippen molar-refractivity contribution in [3.63, 3.8) is 0 Å². The van der Waals surface area contributed by atoms with E-state index in [1.165, 1.54) is 6.08 Å². The summed E-state index contributed by atoms with van der Waals surface area (Å²) in [6, 6.07) is 0. The second kappa shape index (κ2) is 7.84. The molecule has 0 amide bonds. The van der Waals surface area contributed by atoms with E-state index in [9.17, 15) is 14.7 Å². The van der Waals surface area contributed by atoms with Crippen LogP contribution in [0.25, 0.3) is 0 Å². The van der Waals surface area contributed by atoms with Crippen LogP contribution in [0.1, 0.15) is 32.6 Å². The van der Waals surface area contributed by atoms with Gasteiger partial charge in [-0.15, -0.1) is 0 Å². The van der Waals surface area contributed by atoms with Crippen molar-refractivity contribution in [2.45, 2.75) is 32.6 Å². The van der Waals surface area contributed by atoms with Crippen LogP contribution in [0.4, 0.5) is 0 Å². The van der Waals surface area contributed by atoms with E-state index in [1.54, 1.807) is 6.08 Å². The first-order valence-corrected chi connectivity index (χ1v) is 6.04. The summed E-state index contributed by atoms with van der Waals surface area (Å²) in [5.74, 6) is -3.79. The second-order valence-electron chi connectivity index (χ2n) is 4.10. The Kier molecular flexibility index (Phi) is 6.38. The minimum absolute atomic E-state index is 0.314. The highest BCUT2D eigenvalue weighted by Gasteiger charge is 2.31. The molecule has 0 aromatic rings. The van der Waals surface area contributed by atoms with E-state index in [0.717, 1.165) is 12.8 Å². The quantitative estimate of drug-likeness (QED) is 0.286. The monoisotopic (exact) mass is 257 g/mol. The van der Waals surface area contributed by atoms with Gasteiger partial charge in [-0.05, 0) is 24.3 Å². The number of carboxylic acids is 1.